The van der Waals surface area contributed by atoms with Crippen LogP contribution >= 0.6 is 15.9 Å². The molecule has 0 aliphatic heterocycles. The molecule has 43 heavy (non-hydrogen) atoms. The molecule has 1 aliphatic carbocycles. The van der Waals surface area contributed by atoms with Crippen LogP contribution in [0.1, 0.15) is 60.8 Å². The summed E-state index contributed by atoms with van der Waals surface area (Å²) in [5.41, 5.74) is 4.39. The van der Waals surface area contributed by atoms with Crippen molar-refractivity contribution in [1.82, 2.24) is 10.2 Å². The minimum Gasteiger partial charge on any atom is -0.352 e. The number of halogens is 1. The lowest BCUT2D eigenvalue weighted by Crippen LogP contribution is -2.52. The van der Waals surface area contributed by atoms with Gasteiger partial charge in [-0.2, -0.15) is 0 Å². The molecule has 9 heteroatoms. The molecule has 1 N–H and O–H groups in total. The molecule has 0 heterocycles. The van der Waals surface area contributed by atoms with Crippen molar-refractivity contribution in [3.63, 3.8) is 0 Å². The molecule has 1 saturated carbocycles. The van der Waals surface area contributed by atoms with Crippen LogP contribution in [0.2, 0.25) is 0 Å². The summed E-state index contributed by atoms with van der Waals surface area (Å²) in [5.74, 6) is -0.329. The molecule has 3 aromatic rings. The fraction of sp³-hybridized carbons (Fsp3) is 0.412. The molecule has 0 radical (unpaired) electrons. The van der Waals surface area contributed by atoms with Crippen molar-refractivity contribution >= 4 is 43.5 Å². The minimum absolute atomic E-state index is 0.104. The highest BCUT2D eigenvalue weighted by Gasteiger charge is 2.32. The van der Waals surface area contributed by atoms with Crippen molar-refractivity contribution in [2.75, 3.05) is 17.1 Å². The van der Waals surface area contributed by atoms with E-state index in [1.807, 2.05) is 80.6 Å². The molecule has 1 unspecified atom stereocenters. The lowest BCUT2D eigenvalue weighted by molar-refractivity contribution is -0.141. The molecule has 4 rings (SSSR count). The van der Waals surface area contributed by atoms with Crippen molar-refractivity contribution in [3.8, 4) is 0 Å². The summed E-state index contributed by atoms with van der Waals surface area (Å²) >= 11 is 3.53. The quantitative estimate of drug-likeness (QED) is 0.231. The molecule has 0 spiro atoms. The number of carbonyl (C=O) groups excluding carboxylic acids is 2. The Morgan fingerprint density at radius 3 is 2.30 bits per heavy atom. The van der Waals surface area contributed by atoms with Gasteiger partial charge < -0.3 is 10.2 Å². The molecule has 2 amide bonds. The van der Waals surface area contributed by atoms with E-state index in [4.69, 9.17) is 0 Å². The molecule has 1 aliphatic rings. The third-order valence-corrected chi connectivity index (χ3v) is 9.88. The van der Waals surface area contributed by atoms with Gasteiger partial charge in [0.05, 0.1) is 11.9 Å². The van der Waals surface area contributed by atoms with Gasteiger partial charge >= 0.3 is 0 Å². The second-order valence-corrected chi connectivity index (χ2v) is 14.3. The highest BCUT2D eigenvalue weighted by Crippen LogP contribution is 2.26. The fourth-order valence-corrected chi connectivity index (χ4v) is 7.20. The van der Waals surface area contributed by atoms with Crippen LogP contribution in [0.15, 0.2) is 77.3 Å². The van der Waals surface area contributed by atoms with Gasteiger partial charge in [-0.3, -0.25) is 13.9 Å². The van der Waals surface area contributed by atoms with Gasteiger partial charge in [0.25, 0.3) is 0 Å². The number of sulfonamides is 1. The summed E-state index contributed by atoms with van der Waals surface area (Å²) < 4.78 is 27.9. The number of aryl methyl sites for hydroxylation is 1. The van der Waals surface area contributed by atoms with Crippen LogP contribution < -0.4 is 9.62 Å². The van der Waals surface area contributed by atoms with Gasteiger partial charge in [0, 0.05) is 36.4 Å². The topological polar surface area (TPSA) is 86.8 Å². The second kappa shape index (κ2) is 15.0. The highest BCUT2D eigenvalue weighted by molar-refractivity contribution is 9.10. The SMILES string of the molecule is Cc1cccc(N(CCCC(=O)N(Cc2cccc(Br)c2)C(Cc2ccccc2)C(=O)NC2CCCC2)S(C)(=O)=O)c1C. The molecular weight excluding hydrogens is 626 g/mol. The normalized spacial score (nSPS) is 14.3. The zero-order valence-corrected chi connectivity index (χ0v) is 27.7. The second-order valence-electron chi connectivity index (χ2n) is 11.5. The minimum atomic E-state index is -3.57. The Balaban J connectivity index is 1.60. The molecule has 0 saturated heterocycles. The van der Waals surface area contributed by atoms with Crippen LogP contribution in [0.3, 0.4) is 0 Å². The first-order valence-electron chi connectivity index (χ1n) is 14.9. The third-order valence-electron chi connectivity index (χ3n) is 8.21. The zero-order valence-electron chi connectivity index (χ0n) is 25.3. The molecule has 230 valence electrons. The summed E-state index contributed by atoms with van der Waals surface area (Å²) in [6, 6.07) is 22.5. The maximum atomic E-state index is 14.1. The molecule has 1 atom stereocenters. The van der Waals surface area contributed by atoms with Crippen molar-refractivity contribution in [2.24, 2.45) is 0 Å². The predicted molar refractivity (Wildman–Crippen MR) is 176 cm³/mol. The number of hydrogen-bond acceptors (Lipinski definition) is 4. The van der Waals surface area contributed by atoms with Gasteiger partial charge in [-0.05, 0) is 73.6 Å². The summed E-state index contributed by atoms with van der Waals surface area (Å²) in [6.07, 6.45) is 6.07. The van der Waals surface area contributed by atoms with E-state index < -0.39 is 16.1 Å². The van der Waals surface area contributed by atoms with Gasteiger partial charge in [-0.25, -0.2) is 8.42 Å². The van der Waals surface area contributed by atoms with Crippen molar-refractivity contribution in [3.05, 3.63) is 99.5 Å². The largest absolute Gasteiger partial charge is 0.352 e. The lowest BCUT2D eigenvalue weighted by atomic mass is 10.0. The summed E-state index contributed by atoms with van der Waals surface area (Å²) in [6.45, 7) is 4.29. The van der Waals surface area contributed by atoms with Gasteiger partial charge in [0.15, 0.2) is 0 Å². The van der Waals surface area contributed by atoms with Gasteiger partial charge in [-0.15, -0.1) is 0 Å². The van der Waals surface area contributed by atoms with Crippen LogP contribution in [0, 0.1) is 13.8 Å². The van der Waals surface area contributed by atoms with E-state index in [1.54, 1.807) is 11.0 Å². The number of nitrogens with one attached hydrogen (secondary N) is 1. The molecule has 7 nitrogen and oxygen atoms in total. The summed E-state index contributed by atoms with van der Waals surface area (Å²) in [7, 11) is -3.57. The van der Waals surface area contributed by atoms with Gasteiger partial charge in [0.1, 0.15) is 6.04 Å². The monoisotopic (exact) mass is 667 g/mol. The Kier molecular flexibility index (Phi) is 11.4. The van der Waals surface area contributed by atoms with Crippen LogP contribution in [0.25, 0.3) is 0 Å². The first-order chi connectivity index (χ1) is 20.5. The first-order valence-corrected chi connectivity index (χ1v) is 17.6. The third kappa shape index (κ3) is 9.16. The Morgan fingerprint density at radius 1 is 0.953 bits per heavy atom. The van der Waals surface area contributed by atoms with E-state index in [2.05, 4.69) is 21.2 Å². The number of nitrogens with zero attached hydrogens (tertiary/aromatic N) is 2. The molecular formula is C34H42BrN3O4S. The average molecular weight is 669 g/mol. The lowest BCUT2D eigenvalue weighted by Gasteiger charge is -2.33. The van der Waals surface area contributed by atoms with Crippen molar-refractivity contribution < 1.29 is 18.0 Å². The van der Waals surface area contributed by atoms with E-state index in [0.717, 1.165) is 52.4 Å². The van der Waals surface area contributed by atoms with Crippen LogP contribution in [0.4, 0.5) is 5.69 Å². The van der Waals surface area contributed by atoms with Gasteiger partial charge in [0.2, 0.25) is 21.8 Å². The van der Waals surface area contributed by atoms with E-state index >= 15 is 0 Å². The smallest absolute Gasteiger partial charge is 0.243 e. The standard InChI is InChI=1S/C34H42BrN3O4S/c1-25-12-9-19-31(26(25)2)38(43(3,41)42)21-11-20-33(39)37(24-28-15-10-16-29(35)22-28)32(23-27-13-5-4-6-14-27)34(40)36-30-17-7-8-18-30/h4-6,9-10,12-16,19,22,30,32H,7-8,11,17-18,20-21,23-24H2,1-3H3,(H,36,40). The Labute approximate surface area is 264 Å². The van der Waals surface area contributed by atoms with Crippen LogP contribution in [-0.4, -0.2) is 50.0 Å². The predicted octanol–water partition coefficient (Wildman–Crippen LogP) is 6.31. The van der Waals surface area contributed by atoms with E-state index in [-0.39, 0.29) is 37.4 Å². The number of carbonyl (C=O) groups is 2. The number of benzene rings is 3. The Hall–Kier alpha value is -3.17. The van der Waals surface area contributed by atoms with Crippen LogP contribution in [0.5, 0.6) is 0 Å². The maximum Gasteiger partial charge on any atom is 0.243 e. The van der Waals surface area contributed by atoms with E-state index in [1.165, 1.54) is 10.6 Å². The number of hydrogen-bond donors (Lipinski definition) is 1. The summed E-state index contributed by atoms with van der Waals surface area (Å²) in [4.78, 5) is 29.6. The van der Waals surface area contributed by atoms with Crippen LogP contribution in [-0.2, 0) is 32.6 Å². The Morgan fingerprint density at radius 2 is 1.63 bits per heavy atom. The molecule has 0 bridgehead atoms. The zero-order chi connectivity index (χ0) is 31.0. The maximum absolute atomic E-state index is 14.1. The number of anilines is 1. The van der Waals surface area contributed by atoms with Crippen molar-refractivity contribution in [2.45, 2.75) is 77.4 Å². The highest BCUT2D eigenvalue weighted by atomic mass is 79.9. The fourth-order valence-electron chi connectivity index (χ4n) is 5.74. The van der Waals surface area contributed by atoms with E-state index in [9.17, 15) is 18.0 Å². The van der Waals surface area contributed by atoms with Gasteiger partial charge in [-0.1, -0.05) is 83.4 Å². The summed E-state index contributed by atoms with van der Waals surface area (Å²) in [5, 5.41) is 3.23. The first kappa shape index (κ1) is 32.7. The average Bonchev–Trinajstić information content (AvgIpc) is 3.47. The number of amides is 2. The molecule has 3 aromatic carbocycles. The van der Waals surface area contributed by atoms with E-state index in [0.29, 0.717) is 18.5 Å². The Bertz CT molecular complexity index is 1510. The molecule has 0 aromatic heterocycles. The molecule has 1 fully saturated rings. The van der Waals surface area contributed by atoms with Crippen molar-refractivity contribution in [1.29, 1.82) is 0 Å². The number of rotatable bonds is 13.